The highest BCUT2D eigenvalue weighted by Gasteiger charge is 2.18. The highest BCUT2D eigenvalue weighted by molar-refractivity contribution is 6.02. The van der Waals surface area contributed by atoms with Gasteiger partial charge in [-0.15, -0.1) is 0 Å². The number of para-hydroxylation sites is 1. The summed E-state index contributed by atoms with van der Waals surface area (Å²) in [5, 5.41) is 7.37. The summed E-state index contributed by atoms with van der Waals surface area (Å²) in [6.07, 6.45) is 0. The molecule has 2 aromatic heterocycles. The molecule has 1 amide bonds. The Morgan fingerprint density at radius 1 is 1.25 bits per heavy atom. The molecule has 0 unspecified atom stereocenters. The number of aryl methyl sites for hydroxylation is 1. The van der Waals surface area contributed by atoms with Crippen molar-refractivity contribution in [3.05, 3.63) is 53.6 Å². The molecule has 1 N–H and O–H groups in total. The van der Waals surface area contributed by atoms with E-state index in [4.69, 9.17) is 9.15 Å². The summed E-state index contributed by atoms with van der Waals surface area (Å²) in [7, 11) is 1.62. The number of nitrogens with zero attached hydrogens (tertiary/aromatic N) is 2. The summed E-state index contributed by atoms with van der Waals surface area (Å²) >= 11 is 0. The van der Waals surface area contributed by atoms with Gasteiger partial charge in [-0.2, -0.15) is 5.10 Å². The second kappa shape index (κ2) is 6.57. The second-order valence-electron chi connectivity index (χ2n) is 5.46. The van der Waals surface area contributed by atoms with Crippen molar-refractivity contribution in [1.82, 2.24) is 15.1 Å². The lowest BCUT2D eigenvalue weighted by atomic mass is 10.2. The number of hydrogen-bond donors (Lipinski definition) is 1. The van der Waals surface area contributed by atoms with E-state index in [1.807, 2.05) is 25.1 Å². The number of amides is 1. The van der Waals surface area contributed by atoms with Crippen LogP contribution in [0.3, 0.4) is 0 Å². The zero-order valence-electron chi connectivity index (χ0n) is 13.4. The minimum Gasteiger partial charge on any atom is -0.464 e. The monoisotopic (exact) mass is 327 g/mol. The van der Waals surface area contributed by atoms with Crippen molar-refractivity contribution in [1.29, 1.82) is 0 Å². The Labute approximate surface area is 138 Å². The average molecular weight is 327 g/mol. The Morgan fingerprint density at radius 3 is 2.79 bits per heavy atom. The van der Waals surface area contributed by atoms with E-state index in [2.05, 4.69) is 10.2 Å². The van der Waals surface area contributed by atoms with Gasteiger partial charge in [-0.1, -0.05) is 18.2 Å². The number of benzene rings is 1. The molecule has 0 spiro atoms. The minimum absolute atomic E-state index is 0.169. The molecule has 0 atom stereocenters. The molecule has 3 aromatic rings. The molecule has 0 saturated heterocycles. The van der Waals surface area contributed by atoms with E-state index in [1.165, 1.54) is 4.90 Å². The molecular weight excluding hydrogens is 310 g/mol. The number of aromatic amines is 1. The standard InChI is InChI=1S/C17H17N3O4/c1-11-7-8-12(24-11)9-20(2)15(21)10-23-17(22)16-13-5-3-4-6-14(13)18-19-16/h3-8H,9-10H2,1-2H3,(H,18,19). The Morgan fingerprint density at radius 2 is 2.04 bits per heavy atom. The molecule has 0 saturated carbocycles. The first-order valence-electron chi connectivity index (χ1n) is 7.44. The van der Waals surface area contributed by atoms with Gasteiger partial charge in [0.1, 0.15) is 11.5 Å². The number of H-pyrrole nitrogens is 1. The maximum absolute atomic E-state index is 12.1. The summed E-state index contributed by atoms with van der Waals surface area (Å²) in [6, 6.07) is 10.9. The van der Waals surface area contributed by atoms with E-state index in [-0.39, 0.29) is 18.2 Å². The molecule has 3 rings (SSSR count). The van der Waals surface area contributed by atoms with Gasteiger partial charge in [0, 0.05) is 12.4 Å². The van der Waals surface area contributed by atoms with Crippen molar-refractivity contribution in [3.63, 3.8) is 0 Å². The molecule has 124 valence electrons. The quantitative estimate of drug-likeness (QED) is 0.726. The molecule has 24 heavy (non-hydrogen) atoms. The second-order valence-corrected chi connectivity index (χ2v) is 5.46. The highest BCUT2D eigenvalue weighted by atomic mass is 16.5. The van der Waals surface area contributed by atoms with Crippen LogP contribution in [0.25, 0.3) is 10.9 Å². The Balaban J connectivity index is 1.58. The summed E-state index contributed by atoms with van der Waals surface area (Å²) in [5.41, 5.74) is 0.906. The predicted octanol–water partition coefficient (Wildman–Crippen LogP) is 2.28. The number of esters is 1. The van der Waals surface area contributed by atoms with Crippen LogP contribution in [0, 0.1) is 6.92 Å². The Kier molecular flexibility index (Phi) is 4.33. The van der Waals surface area contributed by atoms with E-state index in [0.717, 1.165) is 11.3 Å². The number of hydrogen-bond acceptors (Lipinski definition) is 5. The van der Waals surface area contributed by atoms with Crippen molar-refractivity contribution in [2.24, 2.45) is 0 Å². The molecule has 1 aromatic carbocycles. The van der Waals surface area contributed by atoms with Gasteiger partial charge in [0.15, 0.2) is 12.3 Å². The normalized spacial score (nSPS) is 10.8. The number of fused-ring (bicyclic) bond motifs is 1. The van der Waals surface area contributed by atoms with Gasteiger partial charge >= 0.3 is 5.97 Å². The molecule has 7 heteroatoms. The maximum Gasteiger partial charge on any atom is 0.359 e. The van der Waals surface area contributed by atoms with Crippen molar-refractivity contribution in [2.45, 2.75) is 13.5 Å². The van der Waals surface area contributed by atoms with Gasteiger partial charge in [-0.3, -0.25) is 9.89 Å². The van der Waals surface area contributed by atoms with Crippen LogP contribution in [0.15, 0.2) is 40.8 Å². The molecule has 2 heterocycles. The van der Waals surface area contributed by atoms with Gasteiger partial charge in [0.25, 0.3) is 5.91 Å². The van der Waals surface area contributed by atoms with Gasteiger partial charge in [-0.25, -0.2) is 4.79 Å². The molecule has 0 aliphatic rings. The van der Waals surface area contributed by atoms with Crippen LogP contribution in [0.5, 0.6) is 0 Å². The van der Waals surface area contributed by atoms with Crippen LogP contribution in [0.4, 0.5) is 0 Å². The van der Waals surface area contributed by atoms with Crippen LogP contribution in [0.1, 0.15) is 22.0 Å². The Bertz CT molecular complexity index is 881. The van der Waals surface area contributed by atoms with E-state index < -0.39 is 5.97 Å². The third-order valence-electron chi connectivity index (χ3n) is 3.61. The van der Waals surface area contributed by atoms with Crippen molar-refractivity contribution >= 4 is 22.8 Å². The summed E-state index contributed by atoms with van der Waals surface area (Å²) in [4.78, 5) is 25.6. The maximum atomic E-state index is 12.1. The number of nitrogens with one attached hydrogen (secondary N) is 1. The number of ether oxygens (including phenoxy) is 1. The first kappa shape index (κ1) is 15.8. The van der Waals surface area contributed by atoms with Crippen LogP contribution in [0.2, 0.25) is 0 Å². The van der Waals surface area contributed by atoms with Gasteiger partial charge < -0.3 is 14.1 Å². The number of likely N-dealkylation sites (N-methyl/N-ethyl adjacent to an activating group) is 1. The van der Waals surface area contributed by atoms with E-state index in [9.17, 15) is 9.59 Å². The van der Waals surface area contributed by atoms with E-state index >= 15 is 0 Å². The fourth-order valence-electron chi connectivity index (χ4n) is 2.32. The number of carbonyl (C=O) groups is 2. The molecule has 0 bridgehead atoms. The predicted molar refractivity (Wildman–Crippen MR) is 86.3 cm³/mol. The summed E-state index contributed by atoms with van der Waals surface area (Å²) in [5.74, 6) is 0.496. The number of rotatable bonds is 5. The summed E-state index contributed by atoms with van der Waals surface area (Å²) < 4.78 is 10.5. The smallest absolute Gasteiger partial charge is 0.359 e. The first-order valence-corrected chi connectivity index (χ1v) is 7.44. The topological polar surface area (TPSA) is 88.4 Å². The lowest BCUT2D eigenvalue weighted by molar-refractivity contribution is -0.134. The largest absolute Gasteiger partial charge is 0.464 e. The van der Waals surface area contributed by atoms with E-state index in [1.54, 1.807) is 25.2 Å². The fraction of sp³-hybridized carbons (Fsp3) is 0.235. The van der Waals surface area contributed by atoms with E-state index in [0.29, 0.717) is 17.7 Å². The average Bonchev–Trinajstić information content (AvgIpc) is 3.18. The number of carbonyl (C=O) groups excluding carboxylic acids is 2. The van der Waals surface area contributed by atoms with Gasteiger partial charge in [0.2, 0.25) is 0 Å². The Hall–Kier alpha value is -3.09. The van der Waals surface area contributed by atoms with Gasteiger partial charge in [-0.05, 0) is 25.1 Å². The molecule has 0 radical (unpaired) electrons. The number of aromatic nitrogens is 2. The zero-order chi connectivity index (χ0) is 17.1. The van der Waals surface area contributed by atoms with Crippen molar-refractivity contribution < 1.29 is 18.7 Å². The van der Waals surface area contributed by atoms with Crippen molar-refractivity contribution in [2.75, 3.05) is 13.7 Å². The van der Waals surface area contributed by atoms with Gasteiger partial charge in [0.05, 0.1) is 12.1 Å². The number of furan rings is 1. The molecular formula is C17H17N3O4. The van der Waals surface area contributed by atoms with Crippen molar-refractivity contribution in [3.8, 4) is 0 Å². The molecule has 0 aliphatic heterocycles. The zero-order valence-corrected chi connectivity index (χ0v) is 13.4. The fourth-order valence-corrected chi connectivity index (χ4v) is 2.32. The molecule has 0 fully saturated rings. The van der Waals surface area contributed by atoms with Crippen LogP contribution in [-0.2, 0) is 16.1 Å². The van der Waals surface area contributed by atoms with Crippen LogP contribution >= 0.6 is 0 Å². The minimum atomic E-state index is -0.636. The summed E-state index contributed by atoms with van der Waals surface area (Å²) in [6.45, 7) is 1.80. The first-order chi connectivity index (χ1) is 11.5. The molecule has 7 nitrogen and oxygen atoms in total. The molecule has 0 aliphatic carbocycles. The SMILES string of the molecule is Cc1ccc(CN(C)C(=O)COC(=O)c2n[nH]c3ccccc23)o1. The van der Waals surface area contributed by atoms with Crippen LogP contribution < -0.4 is 0 Å². The lowest BCUT2D eigenvalue weighted by Gasteiger charge is -2.15. The highest BCUT2D eigenvalue weighted by Crippen LogP contribution is 2.16. The third-order valence-corrected chi connectivity index (χ3v) is 3.61. The lowest BCUT2D eigenvalue weighted by Crippen LogP contribution is -2.30. The van der Waals surface area contributed by atoms with Crippen LogP contribution in [-0.4, -0.2) is 40.6 Å². The third kappa shape index (κ3) is 3.29.